The molecule has 1 aromatic rings. The molecular formula is C16H26ClFN2. The number of likely N-dealkylation sites (tertiary alicyclic amines) is 1. The highest BCUT2D eigenvalue weighted by atomic mass is 35.5. The van der Waals surface area contributed by atoms with Gasteiger partial charge in [0, 0.05) is 19.1 Å². The van der Waals surface area contributed by atoms with E-state index in [0.717, 1.165) is 26.1 Å². The van der Waals surface area contributed by atoms with E-state index in [0.29, 0.717) is 12.0 Å². The lowest BCUT2D eigenvalue weighted by atomic mass is 9.79. The quantitative estimate of drug-likeness (QED) is 0.927. The zero-order chi connectivity index (χ0) is 14.0. The van der Waals surface area contributed by atoms with Gasteiger partial charge in [-0.2, -0.15) is 0 Å². The minimum Gasteiger partial charge on any atom is -0.327 e. The molecule has 0 saturated carbocycles. The lowest BCUT2D eigenvalue weighted by Crippen LogP contribution is -2.52. The van der Waals surface area contributed by atoms with Gasteiger partial charge in [0.05, 0.1) is 0 Å². The first-order valence-electron chi connectivity index (χ1n) is 7.12. The van der Waals surface area contributed by atoms with Crippen molar-refractivity contribution in [1.82, 2.24) is 4.90 Å². The van der Waals surface area contributed by atoms with Crippen molar-refractivity contribution in [3.05, 3.63) is 35.6 Å². The molecule has 114 valence electrons. The van der Waals surface area contributed by atoms with Crippen LogP contribution in [0.2, 0.25) is 0 Å². The summed E-state index contributed by atoms with van der Waals surface area (Å²) in [5, 5.41) is 0. The molecule has 2 unspecified atom stereocenters. The van der Waals surface area contributed by atoms with Crippen molar-refractivity contribution in [1.29, 1.82) is 0 Å². The Kier molecular flexibility index (Phi) is 5.99. The molecule has 20 heavy (non-hydrogen) atoms. The van der Waals surface area contributed by atoms with Gasteiger partial charge in [-0.1, -0.05) is 32.9 Å². The van der Waals surface area contributed by atoms with E-state index in [1.54, 1.807) is 12.1 Å². The van der Waals surface area contributed by atoms with E-state index < -0.39 is 0 Å². The smallest absolute Gasteiger partial charge is 0.123 e. The summed E-state index contributed by atoms with van der Waals surface area (Å²) >= 11 is 0. The van der Waals surface area contributed by atoms with Crippen LogP contribution >= 0.6 is 12.4 Å². The molecule has 2 nitrogen and oxygen atoms in total. The summed E-state index contributed by atoms with van der Waals surface area (Å²) in [5.74, 6) is 0.256. The standard InChI is InChI=1S/C16H25FN2.ClH/c1-12(13-4-6-14(17)7-5-13)10-19-9-8-15(18)16(2,3)11-19;/h4-7,12,15H,8-11,18H2,1-3H3;1H. The number of piperidine rings is 1. The number of nitrogens with zero attached hydrogens (tertiary/aromatic N) is 1. The molecule has 0 bridgehead atoms. The van der Waals surface area contributed by atoms with E-state index in [2.05, 4.69) is 25.7 Å². The Bertz CT molecular complexity index is 419. The molecule has 0 aliphatic carbocycles. The van der Waals surface area contributed by atoms with Gasteiger partial charge in [0.25, 0.3) is 0 Å². The number of benzene rings is 1. The Morgan fingerprint density at radius 1 is 1.35 bits per heavy atom. The first-order valence-corrected chi connectivity index (χ1v) is 7.12. The lowest BCUT2D eigenvalue weighted by molar-refractivity contribution is 0.0915. The minimum absolute atomic E-state index is 0. The lowest BCUT2D eigenvalue weighted by Gasteiger charge is -2.43. The van der Waals surface area contributed by atoms with Crippen molar-refractivity contribution in [2.75, 3.05) is 19.6 Å². The van der Waals surface area contributed by atoms with Crippen LogP contribution in [0.5, 0.6) is 0 Å². The Morgan fingerprint density at radius 3 is 2.50 bits per heavy atom. The molecule has 0 amide bonds. The zero-order valence-electron chi connectivity index (χ0n) is 12.6. The Balaban J connectivity index is 0.00000200. The first kappa shape index (κ1) is 17.4. The molecule has 2 rings (SSSR count). The molecular weight excluding hydrogens is 275 g/mol. The highest BCUT2D eigenvalue weighted by Gasteiger charge is 2.33. The van der Waals surface area contributed by atoms with Crippen LogP contribution in [0.4, 0.5) is 4.39 Å². The predicted octanol–water partition coefficient (Wildman–Crippen LogP) is 3.41. The van der Waals surface area contributed by atoms with Gasteiger partial charge in [-0.05, 0) is 42.0 Å². The summed E-state index contributed by atoms with van der Waals surface area (Å²) in [6, 6.07) is 7.16. The van der Waals surface area contributed by atoms with E-state index in [1.807, 2.05) is 12.1 Å². The summed E-state index contributed by atoms with van der Waals surface area (Å²) in [7, 11) is 0. The van der Waals surface area contributed by atoms with Crippen LogP contribution in [0.25, 0.3) is 0 Å². The maximum absolute atomic E-state index is 12.9. The van der Waals surface area contributed by atoms with Gasteiger partial charge in [0.1, 0.15) is 5.82 Å². The van der Waals surface area contributed by atoms with E-state index in [4.69, 9.17) is 5.73 Å². The van der Waals surface area contributed by atoms with Crippen molar-refractivity contribution in [3.63, 3.8) is 0 Å². The van der Waals surface area contributed by atoms with Gasteiger partial charge >= 0.3 is 0 Å². The molecule has 0 spiro atoms. The molecule has 1 aliphatic rings. The van der Waals surface area contributed by atoms with Gasteiger partial charge in [0.2, 0.25) is 0 Å². The van der Waals surface area contributed by atoms with Gasteiger partial charge in [0.15, 0.2) is 0 Å². The highest BCUT2D eigenvalue weighted by molar-refractivity contribution is 5.85. The third kappa shape index (κ3) is 4.18. The van der Waals surface area contributed by atoms with E-state index in [1.165, 1.54) is 5.56 Å². The molecule has 2 N–H and O–H groups in total. The predicted molar refractivity (Wildman–Crippen MR) is 84.9 cm³/mol. The molecule has 1 fully saturated rings. The summed E-state index contributed by atoms with van der Waals surface area (Å²) < 4.78 is 12.9. The maximum atomic E-state index is 12.9. The number of rotatable bonds is 3. The fraction of sp³-hybridized carbons (Fsp3) is 0.625. The van der Waals surface area contributed by atoms with Crippen molar-refractivity contribution >= 4 is 12.4 Å². The third-order valence-electron chi connectivity index (χ3n) is 4.36. The second-order valence-electron chi connectivity index (χ2n) is 6.57. The van der Waals surface area contributed by atoms with Crippen molar-refractivity contribution in [2.45, 2.75) is 39.2 Å². The van der Waals surface area contributed by atoms with Gasteiger partial charge < -0.3 is 10.6 Å². The minimum atomic E-state index is -0.166. The van der Waals surface area contributed by atoms with Crippen LogP contribution in [0, 0.1) is 11.2 Å². The van der Waals surface area contributed by atoms with Crippen molar-refractivity contribution in [2.24, 2.45) is 11.1 Å². The average molecular weight is 301 g/mol. The van der Waals surface area contributed by atoms with Crippen LogP contribution in [0.1, 0.15) is 38.7 Å². The van der Waals surface area contributed by atoms with Gasteiger partial charge in [-0.15, -0.1) is 12.4 Å². The fourth-order valence-electron chi connectivity index (χ4n) is 2.92. The Morgan fingerprint density at radius 2 is 1.95 bits per heavy atom. The van der Waals surface area contributed by atoms with Crippen LogP contribution in [0.3, 0.4) is 0 Å². The van der Waals surface area contributed by atoms with Crippen LogP contribution in [-0.4, -0.2) is 30.6 Å². The second kappa shape index (κ2) is 6.88. The summed E-state index contributed by atoms with van der Waals surface area (Å²) in [6.45, 7) is 9.81. The van der Waals surface area contributed by atoms with E-state index >= 15 is 0 Å². The highest BCUT2D eigenvalue weighted by Crippen LogP contribution is 2.29. The largest absolute Gasteiger partial charge is 0.327 e. The zero-order valence-corrected chi connectivity index (χ0v) is 13.4. The van der Waals surface area contributed by atoms with Crippen molar-refractivity contribution < 1.29 is 4.39 Å². The van der Waals surface area contributed by atoms with Crippen molar-refractivity contribution in [3.8, 4) is 0 Å². The van der Waals surface area contributed by atoms with Crippen LogP contribution in [-0.2, 0) is 0 Å². The number of nitrogens with two attached hydrogens (primary N) is 1. The van der Waals surface area contributed by atoms with Gasteiger partial charge in [-0.3, -0.25) is 0 Å². The molecule has 2 atom stereocenters. The molecule has 1 heterocycles. The molecule has 1 aromatic carbocycles. The summed E-state index contributed by atoms with van der Waals surface area (Å²) in [4.78, 5) is 2.48. The van der Waals surface area contributed by atoms with Crippen LogP contribution < -0.4 is 5.73 Å². The summed E-state index contributed by atoms with van der Waals surface area (Å²) in [5.41, 5.74) is 7.55. The maximum Gasteiger partial charge on any atom is 0.123 e. The topological polar surface area (TPSA) is 29.3 Å². The Hall–Kier alpha value is -0.640. The molecule has 4 heteroatoms. The molecule has 0 aromatic heterocycles. The SMILES string of the molecule is CC(CN1CCC(N)C(C)(C)C1)c1ccc(F)cc1.Cl. The number of hydrogen-bond acceptors (Lipinski definition) is 2. The second-order valence-corrected chi connectivity index (χ2v) is 6.57. The fourth-order valence-corrected chi connectivity index (χ4v) is 2.92. The van der Waals surface area contributed by atoms with E-state index in [-0.39, 0.29) is 23.6 Å². The molecule has 1 aliphatic heterocycles. The number of halogens is 2. The molecule has 0 radical (unpaired) electrons. The average Bonchev–Trinajstić information content (AvgIpc) is 2.34. The molecule has 1 saturated heterocycles. The van der Waals surface area contributed by atoms with Crippen LogP contribution in [0.15, 0.2) is 24.3 Å². The van der Waals surface area contributed by atoms with Gasteiger partial charge in [-0.25, -0.2) is 4.39 Å². The first-order chi connectivity index (χ1) is 8.88. The number of hydrogen-bond donors (Lipinski definition) is 1. The monoisotopic (exact) mass is 300 g/mol. The Labute approximate surface area is 127 Å². The summed E-state index contributed by atoms with van der Waals surface area (Å²) in [6.07, 6.45) is 1.06. The normalized spacial score (nSPS) is 23.9. The third-order valence-corrected chi connectivity index (χ3v) is 4.36. The van der Waals surface area contributed by atoms with E-state index in [9.17, 15) is 4.39 Å².